The fourth-order valence-electron chi connectivity index (χ4n) is 1.78. The van der Waals surface area contributed by atoms with Gasteiger partial charge in [-0.05, 0) is 25.5 Å². The lowest BCUT2D eigenvalue weighted by atomic mass is 9.94. The summed E-state index contributed by atoms with van der Waals surface area (Å²) >= 11 is 5.11. The van der Waals surface area contributed by atoms with E-state index < -0.39 is 0 Å². The Kier molecular flexibility index (Phi) is 4.04. The minimum atomic E-state index is -0.112. The van der Waals surface area contributed by atoms with Gasteiger partial charge >= 0.3 is 0 Å². The van der Waals surface area contributed by atoms with Crippen LogP contribution in [0.4, 0.5) is 5.13 Å². The molecule has 2 rings (SSSR count). The highest BCUT2D eigenvalue weighted by atomic mass is 79.9. The maximum Gasteiger partial charge on any atom is 0.180 e. The highest BCUT2D eigenvalue weighted by Crippen LogP contribution is 2.28. The number of nitrogen functional groups attached to an aromatic ring is 1. The fourth-order valence-corrected chi connectivity index (χ4v) is 3.18. The number of benzene rings is 1. The molecule has 0 fully saturated rings. The molecule has 0 aliphatic carbocycles. The Morgan fingerprint density at radius 1 is 1.39 bits per heavy atom. The summed E-state index contributed by atoms with van der Waals surface area (Å²) in [6.07, 6.45) is 1.82. The molecule has 0 unspecified atom stereocenters. The SMILES string of the molecule is CC(C)(NCc1cnc(N)s1)c1ccccc1Br. The zero-order valence-corrected chi connectivity index (χ0v) is 12.8. The average molecular weight is 326 g/mol. The van der Waals surface area contributed by atoms with E-state index >= 15 is 0 Å². The summed E-state index contributed by atoms with van der Waals surface area (Å²) in [4.78, 5) is 5.20. The van der Waals surface area contributed by atoms with Crippen molar-refractivity contribution < 1.29 is 0 Å². The van der Waals surface area contributed by atoms with E-state index in [1.54, 1.807) is 0 Å². The highest BCUT2D eigenvalue weighted by molar-refractivity contribution is 9.10. The van der Waals surface area contributed by atoms with Gasteiger partial charge in [-0.2, -0.15) is 0 Å². The van der Waals surface area contributed by atoms with Crippen LogP contribution in [0.5, 0.6) is 0 Å². The zero-order valence-electron chi connectivity index (χ0n) is 10.4. The lowest BCUT2D eigenvalue weighted by Crippen LogP contribution is -2.36. The first-order valence-electron chi connectivity index (χ1n) is 5.69. The monoisotopic (exact) mass is 325 g/mol. The third kappa shape index (κ3) is 3.10. The first-order chi connectivity index (χ1) is 8.49. The molecule has 1 aromatic heterocycles. The number of nitrogens with two attached hydrogens (primary N) is 1. The van der Waals surface area contributed by atoms with E-state index in [0.29, 0.717) is 5.13 Å². The van der Waals surface area contributed by atoms with Crippen molar-refractivity contribution in [3.63, 3.8) is 0 Å². The average Bonchev–Trinajstić information content (AvgIpc) is 2.73. The van der Waals surface area contributed by atoms with Gasteiger partial charge in [-0.1, -0.05) is 34.1 Å². The maximum absolute atomic E-state index is 5.63. The molecule has 0 saturated heterocycles. The number of halogens is 1. The summed E-state index contributed by atoms with van der Waals surface area (Å²) < 4.78 is 1.12. The molecule has 96 valence electrons. The minimum absolute atomic E-state index is 0.112. The van der Waals surface area contributed by atoms with E-state index in [9.17, 15) is 0 Å². The second kappa shape index (κ2) is 5.38. The molecule has 5 heteroatoms. The lowest BCUT2D eigenvalue weighted by Gasteiger charge is -2.27. The van der Waals surface area contributed by atoms with Crippen LogP contribution in [-0.2, 0) is 12.1 Å². The third-order valence-corrected chi connectivity index (χ3v) is 4.34. The largest absolute Gasteiger partial charge is 0.375 e. The van der Waals surface area contributed by atoms with E-state index in [1.165, 1.54) is 16.9 Å². The molecule has 3 N–H and O–H groups in total. The number of hydrogen-bond donors (Lipinski definition) is 2. The van der Waals surface area contributed by atoms with Crippen LogP contribution in [0.3, 0.4) is 0 Å². The second-order valence-electron chi connectivity index (χ2n) is 4.62. The van der Waals surface area contributed by atoms with E-state index in [4.69, 9.17) is 5.73 Å². The first-order valence-corrected chi connectivity index (χ1v) is 7.30. The number of thiazole rings is 1. The standard InChI is InChI=1S/C13H16BrN3S/c1-13(2,10-5-3-4-6-11(10)14)17-8-9-7-16-12(15)18-9/h3-7,17H,8H2,1-2H3,(H2,15,16). The quantitative estimate of drug-likeness (QED) is 0.904. The molecule has 0 saturated carbocycles. The molecule has 3 nitrogen and oxygen atoms in total. The van der Waals surface area contributed by atoms with Gasteiger partial charge in [0.1, 0.15) is 0 Å². The Morgan fingerprint density at radius 2 is 2.11 bits per heavy atom. The Morgan fingerprint density at radius 3 is 2.72 bits per heavy atom. The molecule has 2 aromatic rings. The molecule has 1 heterocycles. The van der Waals surface area contributed by atoms with Crippen molar-refractivity contribution in [1.82, 2.24) is 10.3 Å². The van der Waals surface area contributed by atoms with Crippen molar-refractivity contribution in [3.05, 3.63) is 45.4 Å². The van der Waals surface area contributed by atoms with Crippen molar-refractivity contribution in [2.75, 3.05) is 5.73 Å². The Labute approximate surface area is 120 Å². The molecular weight excluding hydrogens is 310 g/mol. The summed E-state index contributed by atoms with van der Waals surface area (Å²) in [7, 11) is 0. The van der Waals surface area contributed by atoms with Crippen LogP contribution in [-0.4, -0.2) is 4.98 Å². The summed E-state index contributed by atoms with van der Waals surface area (Å²) in [5.74, 6) is 0. The third-order valence-electron chi connectivity index (χ3n) is 2.82. The fraction of sp³-hybridized carbons (Fsp3) is 0.308. The molecule has 0 spiro atoms. The van der Waals surface area contributed by atoms with Crippen LogP contribution in [0.2, 0.25) is 0 Å². The number of nitrogens with one attached hydrogen (secondary N) is 1. The number of aromatic nitrogens is 1. The van der Waals surface area contributed by atoms with Crippen LogP contribution in [0.1, 0.15) is 24.3 Å². The van der Waals surface area contributed by atoms with Crippen molar-refractivity contribution in [1.29, 1.82) is 0 Å². The molecule has 0 atom stereocenters. The predicted octanol–water partition coefficient (Wildman–Crippen LogP) is 3.51. The van der Waals surface area contributed by atoms with E-state index in [-0.39, 0.29) is 5.54 Å². The Bertz CT molecular complexity index is 537. The smallest absolute Gasteiger partial charge is 0.180 e. The number of rotatable bonds is 4. The van der Waals surface area contributed by atoms with Gasteiger partial charge in [0.05, 0.1) is 0 Å². The van der Waals surface area contributed by atoms with Gasteiger partial charge in [0, 0.05) is 27.6 Å². The lowest BCUT2D eigenvalue weighted by molar-refractivity contribution is 0.401. The molecule has 0 bridgehead atoms. The van der Waals surface area contributed by atoms with Crippen LogP contribution >= 0.6 is 27.3 Å². The van der Waals surface area contributed by atoms with E-state index in [1.807, 2.05) is 18.3 Å². The van der Waals surface area contributed by atoms with Crippen LogP contribution in [0.25, 0.3) is 0 Å². The maximum atomic E-state index is 5.63. The van der Waals surface area contributed by atoms with Gasteiger partial charge in [0.15, 0.2) is 5.13 Å². The molecule has 0 radical (unpaired) electrons. The predicted molar refractivity (Wildman–Crippen MR) is 80.5 cm³/mol. The molecule has 0 amide bonds. The summed E-state index contributed by atoms with van der Waals surface area (Å²) in [6.45, 7) is 5.10. The summed E-state index contributed by atoms with van der Waals surface area (Å²) in [5.41, 5.74) is 6.75. The van der Waals surface area contributed by atoms with Gasteiger partial charge in [0.2, 0.25) is 0 Å². The molecule has 18 heavy (non-hydrogen) atoms. The van der Waals surface area contributed by atoms with Crippen LogP contribution < -0.4 is 11.1 Å². The second-order valence-corrected chi connectivity index (χ2v) is 6.62. The van der Waals surface area contributed by atoms with Crippen molar-refractivity contribution in [3.8, 4) is 0 Å². The van der Waals surface area contributed by atoms with Crippen molar-refractivity contribution >= 4 is 32.4 Å². The number of nitrogens with zero attached hydrogens (tertiary/aromatic N) is 1. The van der Waals surface area contributed by atoms with Gasteiger partial charge in [0.25, 0.3) is 0 Å². The highest BCUT2D eigenvalue weighted by Gasteiger charge is 2.22. The molecular formula is C13H16BrN3S. The first kappa shape index (κ1) is 13.5. The van der Waals surface area contributed by atoms with E-state index in [0.717, 1.165) is 15.9 Å². The van der Waals surface area contributed by atoms with Crippen molar-refractivity contribution in [2.45, 2.75) is 25.9 Å². The van der Waals surface area contributed by atoms with E-state index in [2.05, 4.69) is 52.2 Å². The summed E-state index contributed by atoms with van der Waals surface area (Å²) in [6, 6.07) is 8.25. The van der Waals surface area contributed by atoms with Gasteiger partial charge in [-0.3, -0.25) is 0 Å². The number of hydrogen-bond acceptors (Lipinski definition) is 4. The Balaban J connectivity index is 2.10. The van der Waals surface area contributed by atoms with Gasteiger partial charge in [-0.25, -0.2) is 4.98 Å². The zero-order chi connectivity index (χ0) is 13.2. The van der Waals surface area contributed by atoms with Gasteiger partial charge in [-0.15, -0.1) is 11.3 Å². The molecule has 0 aliphatic heterocycles. The van der Waals surface area contributed by atoms with Gasteiger partial charge < -0.3 is 11.1 Å². The Hall–Kier alpha value is -0.910. The molecule has 1 aromatic carbocycles. The number of anilines is 1. The molecule has 0 aliphatic rings. The topological polar surface area (TPSA) is 50.9 Å². The normalized spacial score (nSPS) is 11.7. The van der Waals surface area contributed by atoms with Crippen LogP contribution in [0.15, 0.2) is 34.9 Å². The van der Waals surface area contributed by atoms with Crippen LogP contribution in [0, 0.1) is 0 Å². The minimum Gasteiger partial charge on any atom is -0.375 e. The van der Waals surface area contributed by atoms with Crippen molar-refractivity contribution in [2.24, 2.45) is 0 Å². The summed E-state index contributed by atoms with van der Waals surface area (Å²) in [5, 5.41) is 4.15.